The molecule has 0 radical (unpaired) electrons. The maximum absolute atomic E-state index is 12.9. The van der Waals surface area contributed by atoms with Gasteiger partial charge in [0, 0.05) is 0 Å². The number of nitrogens with zero attached hydrogens (tertiary/aromatic N) is 2. The monoisotopic (exact) mass is 254 g/mol. The molecule has 1 aromatic heterocycles. The second-order valence-corrected chi connectivity index (χ2v) is 2.97. The highest BCUT2D eigenvalue weighted by atomic mass is 79.9. The van der Waals surface area contributed by atoms with Crippen molar-refractivity contribution in [3.8, 4) is 0 Å². The van der Waals surface area contributed by atoms with Crippen LogP contribution in [0.5, 0.6) is 0 Å². The summed E-state index contributed by atoms with van der Waals surface area (Å²) in [6, 6.07) is 0. The molecule has 7 heteroatoms. The Labute approximate surface area is 79.6 Å². The summed E-state index contributed by atoms with van der Waals surface area (Å²) < 4.78 is 12.7. The predicted octanol–water partition coefficient (Wildman–Crippen LogP) is 2.54. The average molecular weight is 255 g/mol. The van der Waals surface area contributed by atoms with Gasteiger partial charge in [0.15, 0.2) is 4.60 Å². The minimum Gasteiger partial charge on any atom is -0.258 e. The highest BCUT2D eigenvalue weighted by Crippen LogP contribution is 2.29. The summed E-state index contributed by atoms with van der Waals surface area (Å²) in [5.74, 6) is -1.08. The maximum Gasteiger partial charge on any atom is 0.338 e. The van der Waals surface area contributed by atoms with E-state index in [1.165, 1.54) is 0 Å². The van der Waals surface area contributed by atoms with Crippen LogP contribution in [-0.4, -0.2) is 9.91 Å². The van der Waals surface area contributed by atoms with Crippen molar-refractivity contribution in [1.82, 2.24) is 4.98 Å². The lowest BCUT2D eigenvalue weighted by Gasteiger charge is -1.96. The highest BCUT2D eigenvalue weighted by Gasteiger charge is 2.22. The van der Waals surface area contributed by atoms with Crippen molar-refractivity contribution in [3.63, 3.8) is 0 Å². The number of halogens is 3. The van der Waals surface area contributed by atoms with E-state index < -0.39 is 16.4 Å². The van der Waals surface area contributed by atoms with Gasteiger partial charge in [-0.05, 0) is 15.9 Å². The lowest BCUT2D eigenvalue weighted by Crippen LogP contribution is -1.96. The summed E-state index contributed by atoms with van der Waals surface area (Å²) in [7, 11) is 0. The van der Waals surface area contributed by atoms with Gasteiger partial charge in [0.1, 0.15) is 5.02 Å². The van der Waals surface area contributed by atoms with E-state index in [4.69, 9.17) is 11.6 Å². The number of aromatic nitrogens is 1. The van der Waals surface area contributed by atoms with Gasteiger partial charge >= 0.3 is 5.69 Å². The van der Waals surface area contributed by atoms with Crippen LogP contribution >= 0.6 is 27.5 Å². The molecule has 0 N–H and O–H groups in total. The number of hydrogen-bond acceptors (Lipinski definition) is 3. The average Bonchev–Trinajstić information content (AvgIpc) is 1.97. The van der Waals surface area contributed by atoms with Gasteiger partial charge in [-0.3, -0.25) is 10.1 Å². The fraction of sp³-hybridized carbons (Fsp3) is 0. The van der Waals surface area contributed by atoms with Crippen molar-refractivity contribution in [2.24, 2.45) is 0 Å². The number of pyridine rings is 1. The second kappa shape index (κ2) is 3.32. The zero-order chi connectivity index (χ0) is 9.30. The first-order valence-electron chi connectivity index (χ1n) is 2.68. The summed E-state index contributed by atoms with van der Waals surface area (Å²) in [5, 5.41) is 9.86. The van der Waals surface area contributed by atoms with E-state index in [0.29, 0.717) is 0 Å². The molecule has 1 rings (SSSR count). The third-order valence-electron chi connectivity index (χ3n) is 1.09. The van der Waals surface area contributed by atoms with Crippen molar-refractivity contribution in [2.75, 3.05) is 0 Å². The molecule has 0 spiro atoms. The van der Waals surface area contributed by atoms with E-state index in [0.717, 1.165) is 6.20 Å². The molecule has 0 unspecified atom stereocenters. The lowest BCUT2D eigenvalue weighted by molar-refractivity contribution is -0.388. The maximum atomic E-state index is 12.9. The Kier molecular flexibility index (Phi) is 2.58. The van der Waals surface area contributed by atoms with E-state index in [9.17, 15) is 14.5 Å². The first kappa shape index (κ1) is 9.34. The zero-order valence-corrected chi connectivity index (χ0v) is 7.76. The van der Waals surface area contributed by atoms with Gasteiger partial charge in [0.2, 0.25) is 5.82 Å². The third kappa shape index (κ3) is 1.54. The fourth-order valence-electron chi connectivity index (χ4n) is 0.590. The van der Waals surface area contributed by atoms with Crippen LogP contribution < -0.4 is 0 Å². The van der Waals surface area contributed by atoms with Gasteiger partial charge in [-0.25, -0.2) is 4.98 Å². The van der Waals surface area contributed by atoms with E-state index in [2.05, 4.69) is 20.9 Å². The molecule has 0 aromatic carbocycles. The molecular formula is C5HBrClFN2O2. The molecule has 4 nitrogen and oxygen atoms in total. The van der Waals surface area contributed by atoms with Crippen molar-refractivity contribution in [2.45, 2.75) is 0 Å². The fourth-order valence-corrected chi connectivity index (χ4v) is 1.15. The SMILES string of the molecule is O=[N+]([O-])c1c(Br)ncc(Cl)c1F. The van der Waals surface area contributed by atoms with Crippen LogP contribution in [0.4, 0.5) is 10.1 Å². The summed E-state index contributed by atoms with van der Waals surface area (Å²) in [6.45, 7) is 0. The standard InChI is InChI=1S/C5HBrClFN2O2/c6-5-4(10(11)12)3(8)2(7)1-9-5/h1H. The minimum atomic E-state index is -1.08. The van der Waals surface area contributed by atoms with Gasteiger partial charge in [-0.1, -0.05) is 11.6 Å². The second-order valence-electron chi connectivity index (χ2n) is 1.82. The molecule has 64 valence electrons. The third-order valence-corrected chi connectivity index (χ3v) is 1.93. The molecule has 1 heterocycles. The summed E-state index contributed by atoms with van der Waals surface area (Å²) >= 11 is 8.00. The summed E-state index contributed by atoms with van der Waals surface area (Å²) in [6.07, 6.45) is 0.994. The molecule has 0 saturated heterocycles. The Balaban J connectivity index is 3.43. The Hall–Kier alpha value is -0.750. The molecule has 0 amide bonds. The van der Waals surface area contributed by atoms with E-state index in [1.54, 1.807) is 0 Å². The molecule has 0 atom stereocenters. The number of nitro groups is 1. The van der Waals surface area contributed by atoms with Gasteiger partial charge in [-0.2, -0.15) is 4.39 Å². The van der Waals surface area contributed by atoms with Crippen molar-refractivity contribution in [3.05, 3.63) is 31.8 Å². The quantitative estimate of drug-likeness (QED) is 0.440. The molecule has 1 aromatic rings. The molecule has 0 saturated carbocycles. The molecule has 0 aliphatic heterocycles. The topological polar surface area (TPSA) is 56.0 Å². The molecule has 0 aliphatic carbocycles. The Morgan fingerprint density at radius 3 is 2.75 bits per heavy atom. The Morgan fingerprint density at radius 1 is 1.75 bits per heavy atom. The molecule has 12 heavy (non-hydrogen) atoms. The Bertz CT molecular complexity index is 346. The minimum absolute atomic E-state index is 0.172. The lowest BCUT2D eigenvalue weighted by atomic mass is 10.4. The van der Waals surface area contributed by atoms with Gasteiger partial charge in [0.25, 0.3) is 0 Å². The van der Waals surface area contributed by atoms with Gasteiger partial charge in [-0.15, -0.1) is 0 Å². The largest absolute Gasteiger partial charge is 0.338 e. The van der Waals surface area contributed by atoms with Crippen LogP contribution in [0.2, 0.25) is 5.02 Å². The van der Waals surface area contributed by atoms with Crippen molar-refractivity contribution >= 4 is 33.2 Å². The molecule has 0 aliphatic rings. The molecular weight excluding hydrogens is 254 g/mol. The van der Waals surface area contributed by atoms with Gasteiger partial charge < -0.3 is 0 Å². The van der Waals surface area contributed by atoms with Crippen molar-refractivity contribution in [1.29, 1.82) is 0 Å². The number of rotatable bonds is 1. The predicted molar refractivity (Wildman–Crippen MR) is 43.6 cm³/mol. The van der Waals surface area contributed by atoms with E-state index >= 15 is 0 Å². The van der Waals surface area contributed by atoms with Gasteiger partial charge in [0.05, 0.1) is 11.1 Å². The molecule has 0 fully saturated rings. The first-order chi connectivity index (χ1) is 5.54. The van der Waals surface area contributed by atoms with Crippen LogP contribution in [0.1, 0.15) is 0 Å². The van der Waals surface area contributed by atoms with E-state index in [1.807, 2.05) is 0 Å². The Morgan fingerprint density at radius 2 is 2.33 bits per heavy atom. The highest BCUT2D eigenvalue weighted by molar-refractivity contribution is 9.10. The van der Waals surface area contributed by atoms with Crippen LogP contribution in [0, 0.1) is 15.9 Å². The summed E-state index contributed by atoms with van der Waals surface area (Å²) in [4.78, 5) is 12.8. The van der Waals surface area contributed by atoms with Crippen LogP contribution in [0.3, 0.4) is 0 Å². The van der Waals surface area contributed by atoms with E-state index in [-0.39, 0.29) is 9.63 Å². The molecule has 0 bridgehead atoms. The summed E-state index contributed by atoms with van der Waals surface area (Å²) in [5.41, 5.74) is -0.748. The number of hydrogen-bond donors (Lipinski definition) is 0. The first-order valence-corrected chi connectivity index (χ1v) is 3.85. The zero-order valence-electron chi connectivity index (χ0n) is 5.42. The van der Waals surface area contributed by atoms with Crippen molar-refractivity contribution < 1.29 is 9.31 Å². The normalized spacial score (nSPS) is 9.92. The van der Waals surface area contributed by atoms with Crippen LogP contribution in [-0.2, 0) is 0 Å². The smallest absolute Gasteiger partial charge is 0.258 e. The van der Waals surface area contributed by atoms with Crippen LogP contribution in [0.25, 0.3) is 0 Å². The van der Waals surface area contributed by atoms with Crippen LogP contribution in [0.15, 0.2) is 10.8 Å².